The zero-order valence-corrected chi connectivity index (χ0v) is 14.7. The molecule has 0 fully saturated rings. The smallest absolute Gasteiger partial charge is 0.167 e. The van der Waals surface area contributed by atoms with Crippen molar-refractivity contribution in [3.63, 3.8) is 0 Å². The second kappa shape index (κ2) is 6.64. The molecule has 0 spiro atoms. The van der Waals surface area contributed by atoms with E-state index in [1.54, 1.807) is 18.6 Å². The minimum atomic E-state index is -0.449. The number of nitrogens with two attached hydrogens (primary N) is 1. The van der Waals surface area contributed by atoms with Crippen LogP contribution in [0.2, 0.25) is 0 Å². The van der Waals surface area contributed by atoms with Gasteiger partial charge in [0, 0.05) is 37.0 Å². The molecule has 5 N–H and O–H groups in total. The normalized spacial score (nSPS) is 11.2. The number of anilines is 2. The molecule has 1 aromatic carbocycles. The van der Waals surface area contributed by atoms with E-state index in [0.717, 1.165) is 16.8 Å². The minimum absolute atomic E-state index is 0.186. The van der Waals surface area contributed by atoms with Gasteiger partial charge in [-0.3, -0.25) is 5.10 Å². The molecule has 0 radical (unpaired) electrons. The summed E-state index contributed by atoms with van der Waals surface area (Å²) in [7, 11) is 1.43. The summed E-state index contributed by atoms with van der Waals surface area (Å²) in [5.41, 5.74) is 8.28. The zero-order valence-electron chi connectivity index (χ0n) is 13.8. The molecule has 8 nitrogen and oxygen atoms in total. The third-order valence-corrected chi connectivity index (χ3v) is 4.95. The molecule has 0 aliphatic heterocycles. The number of ether oxygens (including phenoxy) is 1. The number of hydrogen-bond donors (Lipinski definition) is 4. The molecule has 4 rings (SSSR count). The highest BCUT2D eigenvalue weighted by molar-refractivity contribution is 7.21. The molecule has 0 aliphatic carbocycles. The first-order valence-corrected chi connectivity index (χ1v) is 8.66. The lowest BCUT2D eigenvalue weighted by Crippen LogP contribution is -2.06. The molecule has 0 unspecified atom stereocenters. The number of aromatic nitrogens is 5. The number of methoxy groups -OCH3 is 1. The Labute approximate surface area is 151 Å². The predicted molar refractivity (Wildman–Crippen MR) is 98.9 cm³/mol. The Morgan fingerprint density at radius 3 is 3.04 bits per heavy atom. The Hall–Kier alpha value is -3.14. The summed E-state index contributed by atoms with van der Waals surface area (Å²) in [4.78, 5) is 11.5. The van der Waals surface area contributed by atoms with Crippen molar-refractivity contribution in [3.05, 3.63) is 36.2 Å². The minimum Gasteiger partial charge on any atom is -0.494 e. The van der Waals surface area contributed by atoms with Crippen molar-refractivity contribution in [2.24, 2.45) is 0 Å². The van der Waals surface area contributed by atoms with Crippen LogP contribution in [0.1, 0.15) is 5.69 Å². The van der Waals surface area contributed by atoms with Crippen LogP contribution >= 0.6 is 11.3 Å². The molecule has 0 amide bonds. The van der Waals surface area contributed by atoms with Crippen LogP contribution < -0.4 is 15.8 Å². The van der Waals surface area contributed by atoms with E-state index in [2.05, 4.69) is 30.5 Å². The van der Waals surface area contributed by atoms with E-state index in [0.29, 0.717) is 34.3 Å². The Kier molecular flexibility index (Phi) is 4.17. The maximum absolute atomic E-state index is 13.9. The lowest BCUT2D eigenvalue weighted by Gasteiger charge is -2.04. The number of aromatic amines is 2. The van der Waals surface area contributed by atoms with Gasteiger partial charge >= 0.3 is 0 Å². The molecule has 3 heterocycles. The van der Waals surface area contributed by atoms with E-state index < -0.39 is 5.82 Å². The van der Waals surface area contributed by atoms with Gasteiger partial charge in [-0.2, -0.15) is 5.10 Å². The molecule has 4 aromatic rings. The van der Waals surface area contributed by atoms with Gasteiger partial charge in [-0.05, 0) is 0 Å². The average Bonchev–Trinajstić information content (AvgIpc) is 3.34. The maximum atomic E-state index is 13.9. The van der Waals surface area contributed by atoms with E-state index in [1.165, 1.54) is 24.5 Å². The number of imidazole rings is 1. The topological polar surface area (TPSA) is 118 Å². The number of thiazole rings is 1. The van der Waals surface area contributed by atoms with Gasteiger partial charge in [-0.1, -0.05) is 0 Å². The van der Waals surface area contributed by atoms with E-state index >= 15 is 0 Å². The van der Waals surface area contributed by atoms with Crippen molar-refractivity contribution in [3.8, 4) is 16.3 Å². The van der Waals surface area contributed by atoms with Gasteiger partial charge in [0.05, 0.1) is 29.2 Å². The molecule has 134 valence electrons. The second-order valence-electron chi connectivity index (χ2n) is 5.59. The fraction of sp³-hybridized carbons (Fsp3) is 0.188. The molecular formula is C16H16FN7OS. The van der Waals surface area contributed by atoms with Crippen molar-refractivity contribution in [1.82, 2.24) is 25.1 Å². The third-order valence-electron chi connectivity index (χ3n) is 3.91. The van der Waals surface area contributed by atoms with Crippen LogP contribution in [0.3, 0.4) is 0 Å². The number of fused-ring (bicyclic) bond motifs is 1. The number of H-pyrrole nitrogens is 2. The molecule has 0 saturated heterocycles. The van der Waals surface area contributed by atoms with Crippen LogP contribution in [-0.2, 0) is 6.42 Å². The largest absolute Gasteiger partial charge is 0.494 e. The first-order chi connectivity index (χ1) is 12.7. The van der Waals surface area contributed by atoms with Gasteiger partial charge in [0.15, 0.2) is 17.4 Å². The van der Waals surface area contributed by atoms with Crippen LogP contribution in [0.4, 0.5) is 16.0 Å². The fourth-order valence-electron chi connectivity index (χ4n) is 2.63. The van der Waals surface area contributed by atoms with Gasteiger partial charge in [-0.15, -0.1) is 11.3 Å². The Balaban J connectivity index is 1.62. The summed E-state index contributed by atoms with van der Waals surface area (Å²) in [6.45, 7) is 0.646. The van der Waals surface area contributed by atoms with E-state index in [-0.39, 0.29) is 5.75 Å². The van der Waals surface area contributed by atoms with E-state index in [9.17, 15) is 4.39 Å². The first kappa shape index (κ1) is 16.3. The monoisotopic (exact) mass is 373 g/mol. The summed E-state index contributed by atoms with van der Waals surface area (Å²) >= 11 is 1.40. The van der Waals surface area contributed by atoms with Crippen molar-refractivity contribution in [1.29, 1.82) is 0 Å². The first-order valence-electron chi connectivity index (χ1n) is 7.85. The number of nitrogen functional groups attached to an aromatic ring is 1. The number of nitrogens with one attached hydrogen (secondary N) is 3. The van der Waals surface area contributed by atoms with Crippen molar-refractivity contribution in [2.75, 3.05) is 24.7 Å². The van der Waals surface area contributed by atoms with Crippen LogP contribution in [-0.4, -0.2) is 38.8 Å². The third kappa shape index (κ3) is 2.94. The summed E-state index contributed by atoms with van der Waals surface area (Å²) in [5, 5.41) is 10.9. The van der Waals surface area contributed by atoms with Crippen LogP contribution in [0.5, 0.6) is 5.75 Å². The average molecular weight is 373 g/mol. The summed E-state index contributed by atoms with van der Waals surface area (Å²) in [5.74, 6) is 0.745. The van der Waals surface area contributed by atoms with Gasteiger partial charge in [0.2, 0.25) is 0 Å². The number of rotatable bonds is 6. The van der Waals surface area contributed by atoms with Gasteiger partial charge in [-0.25, -0.2) is 14.4 Å². The highest BCUT2D eigenvalue weighted by Crippen LogP contribution is 2.38. The van der Waals surface area contributed by atoms with Crippen molar-refractivity contribution in [2.45, 2.75) is 6.42 Å². The molecule has 0 aliphatic rings. The molecule has 0 saturated carbocycles. The number of hydrogen-bond acceptors (Lipinski definition) is 7. The highest BCUT2D eigenvalue weighted by atomic mass is 32.1. The highest BCUT2D eigenvalue weighted by Gasteiger charge is 2.18. The van der Waals surface area contributed by atoms with Gasteiger partial charge in [0.1, 0.15) is 10.8 Å². The van der Waals surface area contributed by atoms with E-state index in [1.807, 2.05) is 0 Å². The van der Waals surface area contributed by atoms with Crippen LogP contribution in [0.25, 0.3) is 20.8 Å². The second-order valence-corrected chi connectivity index (χ2v) is 6.62. The SMILES string of the molecule is COc1cc2sc(-c3c(NCCc4cnc[nH]4)n[nH]c3N)nc2cc1F. The molecular weight excluding hydrogens is 357 g/mol. The lowest BCUT2D eigenvalue weighted by atomic mass is 10.3. The molecule has 3 aromatic heterocycles. The molecule has 0 bridgehead atoms. The fourth-order valence-corrected chi connectivity index (χ4v) is 3.67. The Bertz CT molecular complexity index is 1040. The van der Waals surface area contributed by atoms with Gasteiger partial charge in [0.25, 0.3) is 0 Å². The van der Waals surface area contributed by atoms with E-state index in [4.69, 9.17) is 10.5 Å². The van der Waals surface area contributed by atoms with Crippen molar-refractivity contribution >= 4 is 33.2 Å². The molecule has 0 atom stereocenters. The van der Waals surface area contributed by atoms with Gasteiger partial charge < -0.3 is 20.8 Å². The predicted octanol–water partition coefficient (Wildman–Crippen LogP) is 2.79. The van der Waals surface area contributed by atoms with Crippen LogP contribution in [0.15, 0.2) is 24.7 Å². The summed E-state index contributed by atoms with van der Waals surface area (Å²) in [6, 6.07) is 2.99. The zero-order chi connectivity index (χ0) is 18.1. The number of nitrogens with zero attached hydrogens (tertiary/aromatic N) is 3. The lowest BCUT2D eigenvalue weighted by molar-refractivity contribution is 0.387. The summed E-state index contributed by atoms with van der Waals surface area (Å²) < 4.78 is 19.7. The standard InChI is InChI=1S/C16H16FN7OS/c1-25-11-5-12-10(4-9(11)17)22-16(26-12)13-14(18)23-24-15(13)20-3-2-8-6-19-7-21-8/h4-7H,2-3H2,1H3,(H,19,21)(H4,18,20,23,24). The molecule has 10 heteroatoms. The Morgan fingerprint density at radius 1 is 1.38 bits per heavy atom. The maximum Gasteiger partial charge on any atom is 0.167 e. The molecule has 26 heavy (non-hydrogen) atoms. The quantitative estimate of drug-likeness (QED) is 0.413. The van der Waals surface area contributed by atoms with Crippen LogP contribution in [0, 0.1) is 5.82 Å². The summed E-state index contributed by atoms with van der Waals surface area (Å²) in [6.07, 6.45) is 4.17. The Morgan fingerprint density at radius 2 is 2.27 bits per heavy atom. The van der Waals surface area contributed by atoms with Crippen molar-refractivity contribution < 1.29 is 9.13 Å². The number of benzene rings is 1. The number of halogens is 1.